The lowest BCUT2D eigenvalue weighted by molar-refractivity contribution is -0.122. The smallest absolute Gasteiger partial charge is 0.230 e. The summed E-state index contributed by atoms with van der Waals surface area (Å²) in [5.41, 5.74) is 1.61. The summed E-state index contributed by atoms with van der Waals surface area (Å²) in [6, 6.07) is 5.53. The second-order valence-electron chi connectivity index (χ2n) is 5.23. The van der Waals surface area contributed by atoms with E-state index in [-0.39, 0.29) is 11.8 Å². The Kier molecular flexibility index (Phi) is 4.65. The number of rotatable bonds is 4. The topological polar surface area (TPSA) is 49.8 Å². The van der Waals surface area contributed by atoms with E-state index < -0.39 is 6.10 Å². The predicted octanol–water partition coefficient (Wildman–Crippen LogP) is 2.90. The van der Waals surface area contributed by atoms with Crippen LogP contribution in [0.1, 0.15) is 44.8 Å². The number of hydrogen-bond acceptors (Lipinski definition) is 3. The van der Waals surface area contributed by atoms with Gasteiger partial charge in [0.2, 0.25) is 5.91 Å². The van der Waals surface area contributed by atoms with Gasteiger partial charge in [-0.05, 0) is 37.5 Å². The first-order valence-electron chi connectivity index (χ1n) is 7.29. The number of benzene rings is 1. The van der Waals surface area contributed by atoms with Crippen molar-refractivity contribution in [1.29, 1.82) is 0 Å². The highest BCUT2D eigenvalue weighted by Gasteiger charge is 2.30. The normalized spacial score (nSPS) is 18.1. The van der Waals surface area contributed by atoms with E-state index >= 15 is 0 Å². The Morgan fingerprint density at radius 3 is 2.75 bits per heavy atom. The van der Waals surface area contributed by atoms with Crippen molar-refractivity contribution in [2.75, 3.05) is 18.6 Å². The van der Waals surface area contributed by atoms with Gasteiger partial charge in [0.05, 0.1) is 13.2 Å². The highest BCUT2D eigenvalue weighted by Crippen LogP contribution is 2.37. The van der Waals surface area contributed by atoms with Gasteiger partial charge in [-0.3, -0.25) is 4.79 Å². The fourth-order valence-corrected chi connectivity index (χ4v) is 2.79. The molecule has 20 heavy (non-hydrogen) atoms. The van der Waals surface area contributed by atoms with Crippen LogP contribution < -0.4 is 9.64 Å². The molecular formula is C16H23NO3. The third kappa shape index (κ3) is 2.66. The zero-order valence-electron chi connectivity index (χ0n) is 12.4. The molecule has 0 aliphatic carbocycles. The Hall–Kier alpha value is -1.55. The van der Waals surface area contributed by atoms with Gasteiger partial charge in [0.1, 0.15) is 5.75 Å². The number of aliphatic hydroxyl groups excluding tert-OH is 1. The Morgan fingerprint density at radius 2 is 2.15 bits per heavy atom. The maximum Gasteiger partial charge on any atom is 0.230 e. The van der Waals surface area contributed by atoms with E-state index in [1.54, 1.807) is 7.11 Å². The van der Waals surface area contributed by atoms with E-state index in [2.05, 4.69) is 0 Å². The number of ether oxygens (including phenoxy) is 1. The SMILES string of the molecule is CCC(CC)C(=O)N1CCC(O)c2cc(OC)ccc21. The second-order valence-corrected chi connectivity index (χ2v) is 5.23. The molecule has 1 amide bonds. The van der Waals surface area contributed by atoms with Crippen LogP contribution in [0.2, 0.25) is 0 Å². The largest absolute Gasteiger partial charge is 0.497 e. The van der Waals surface area contributed by atoms with E-state index in [0.717, 1.165) is 24.1 Å². The Labute approximate surface area is 120 Å². The molecule has 0 aromatic heterocycles. The number of anilines is 1. The molecule has 1 atom stereocenters. The molecule has 4 heteroatoms. The molecule has 110 valence electrons. The van der Waals surface area contributed by atoms with Crippen molar-refractivity contribution in [2.45, 2.75) is 39.2 Å². The monoisotopic (exact) mass is 277 g/mol. The summed E-state index contributed by atoms with van der Waals surface area (Å²) < 4.78 is 5.20. The van der Waals surface area contributed by atoms with Gasteiger partial charge in [-0.25, -0.2) is 0 Å². The van der Waals surface area contributed by atoms with Crippen LogP contribution in [-0.4, -0.2) is 24.7 Å². The molecule has 0 fully saturated rings. The number of methoxy groups -OCH3 is 1. The van der Waals surface area contributed by atoms with E-state index in [4.69, 9.17) is 4.74 Å². The van der Waals surface area contributed by atoms with Gasteiger partial charge in [0.15, 0.2) is 0 Å². The van der Waals surface area contributed by atoms with Gasteiger partial charge in [-0.1, -0.05) is 13.8 Å². The molecule has 1 heterocycles. The van der Waals surface area contributed by atoms with E-state index in [1.165, 1.54) is 0 Å². The van der Waals surface area contributed by atoms with Crippen LogP contribution in [0.3, 0.4) is 0 Å². The lowest BCUT2D eigenvalue weighted by Gasteiger charge is -2.34. The van der Waals surface area contributed by atoms with Crippen LogP contribution in [-0.2, 0) is 4.79 Å². The number of aliphatic hydroxyl groups is 1. The van der Waals surface area contributed by atoms with Crippen LogP contribution in [0, 0.1) is 5.92 Å². The number of carbonyl (C=O) groups is 1. The average Bonchev–Trinajstić information content (AvgIpc) is 2.48. The van der Waals surface area contributed by atoms with Gasteiger partial charge in [-0.2, -0.15) is 0 Å². The van der Waals surface area contributed by atoms with E-state index in [1.807, 2.05) is 36.9 Å². The van der Waals surface area contributed by atoms with Crippen LogP contribution in [0.4, 0.5) is 5.69 Å². The summed E-state index contributed by atoms with van der Waals surface area (Å²) >= 11 is 0. The van der Waals surface area contributed by atoms with E-state index in [0.29, 0.717) is 18.7 Å². The Balaban J connectivity index is 2.36. The molecule has 1 aliphatic rings. The number of hydrogen-bond donors (Lipinski definition) is 1. The Morgan fingerprint density at radius 1 is 1.45 bits per heavy atom. The molecule has 0 spiro atoms. The minimum atomic E-state index is -0.522. The van der Waals surface area contributed by atoms with Gasteiger partial charge < -0.3 is 14.7 Å². The molecule has 1 unspecified atom stereocenters. The standard InChI is InChI=1S/C16H23NO3/c1-4-11(5-2)16(19)17-9-8-15(18)13-10-12(20-3)6-7-14(13)17/h6-7,10-11,15,18H,4-5,8-9H2,1-3H3. The number of amides is 1. The van der Waals surface area contributed by atoms with Crippen molar-refractivity contribution < 1.29 is 14.6 Å². The molecule has 1 aromatic carbocycles. The second kappa shape index (κ2) is 6.27. The zero-order chi connectivity index (χ0) is 14.7. The highest BCUT2D eigenvalue weighted by atomic mass is 16.5. The summed E-state index contributed by atoms with van der Waals surface area (Å²) in [6.45, 7) is 4.66. The molecule has 1 aliphatic heterocycles. The summed E-state index contributed by atoms with van der Waals surface area (Å²) in [7, 11) is 1.60. The average molecular weight is 277 g/mol. The zero-order valence-corrected chi connectivity index (χ0v) is 12.4. The van der Waals surface area contributed by atoms with Crippen LogP contribution in [0.5, 0.6) is 5.75 Å². The van der Waals surface area contributed by atoms with Crippen LogP contribution in [0.15, 0.2) is 18.2 Å². The third-order valence-corrected chi connectivity index (χ3v) is 4.11. The lowest BCUT2D eigenvalue weighted by Crippen LogP contribution is -2.40. The van der Waals surface area contributed by atoms with Crippen LogP contribution in [0.25, 0.3) is 0 Å². The molecule has 0 saturated heterocycles. The first kappa shape index (κ1) is 14.9. The first-order chi connectivity index (χ1) is 9.62. The molecule has 0 radical (unpaired) electrons. The molecular weight excluding hydrogens is 254 g/mol. The van der Waals surface area contributed by atoms with Crippen LogP contribution >= 0.6 is 0 Å². The maximum absolute atomic E-state index is 12.6. The molecule has 0 saturated carbocycles. The van der Waals surface area contributed by atoms with Crippen molar-refractivity contribution in [2.24, 2.45) is 5.92 Å². The van der Waals surface area contributed by atoms with Crippen molar-refractivity contribution in [3.05, 3.63) is 23.8 Å². The Bertz CT molecular complexity index is 483. The number of nitrogens with zero attached hydrogens (tertiary/aromatic N) is 1. The summed E-state index contributed by atoms with van der Waals surface area (Å²) in [5, 5.41) is 10.1. The maximum atomic E-state index is 12.6. The number of carbonyl (C=O) groups excluding carboxylic acids is 1. The van der Waals surface area contributed by atoms with Crippen molar-refractivity contribution >= 4 is 11.6 Å². The molecule has 1 N–H and O–H groups in total. The van der Waals surface area contributed by atoms with Gasteiger partial charge in [0, 0.05) is 23.7 Å². The van der Waals surface area contributed by atoms with Crippen molar-refractivity contribution in [3.8, 4) is 5.75 Å². The molecule has 1 aromatic rings. The number of fused-ring (bicyclic) bond motifs is 1. The van der Waals surface area contributed by atoms with Gasteiger partial charge in [0.25, 0.3) is 0 Å². The van der Waals surface area contributed by atoms with Gasteiger partial charge in [-0.15, -0.1) is 0 Å². The molecule has 0 bridgehead atoms. The fraction of sp³-hybridized carbons (Fsp3) is 0.562. The summed E-state index contributed by atoms with van der Waals surface area (Å²) in [6.07, 6.45) is 1.75. The summed E-state index contributed by atoms with van der Waals surface area (Å²) in [4.78, 5) is 14.4. The highest BCUT2D eigenvalue weighted by molar-refractivity contribution is 5.96. The fourth-order valence-electron chi connectivity index (χ4n) is 2.79. The minimum absolute atomic E-state index is 0.0557. The molecule has 4 nitrogen and oxygen atoms in total. The minimum Gasteiger partial charge on any atom is -0.497 e. The van der Waals surface area contributed by atoms with Gasteiger partial charge >= 0.3 is 0 Å². The van der Waals surface area contributed by atoms with Crippen molar-refractivity contribution in [1.82, 2.24) is 0 Å². The lowest BCUT2D eigenvalue weighted by atomic mass is 9.95. The summed E-state index contributed by atoms with van der Waals surface area (Å²) in [5.74, 6) is 0.924. The molecule has 2 rings (SSSR count). The third-order valence-electron chi connectivity index (χ3n) is 4.11. The quantitative estimate of drug-likeness (QED) is 0.920. The first-order valence-corrected chi connectivity index (χ1v) is 7.29. The predicted molar refractivity (Wildman–Crippen MR) is 79.0 cm³/mol. The van der Waals surface area contributed by atoms with Crippen molar-refractivity contribution in [3.63, 3.8) is 0 Å². The van der Waals surface area contributed by atoms with E-state index in [9.17, 15) is 9.90 Å².